The van der Waals surface area contributed by atoms with Crippen LogP contribution >= 0.6 is 11.6 Å². The van der Waals surface area contributed by atoms with Gasteiger partial charge >= 0.3 is 0 Å². The van der Waals surface area contributed by atoms with Gasteiger partial charge in [-0.05, 0) is 48.5 Å². The van der Waals surface area contributed by atoms with Crippen molar-refractivity contribution in [2.24, 2.45) is 0 Å². The first-order valence-corrected chi connectivity index (χ1v) is 8.69. The van der Waals surface area contributed by atoms with Crippen LogP contribution in [0.25, 0.3) is 10.8 Å². The van der Waals surface area contributed by atoms with Gasteiger partial charge in [0.25, 0.3) is 0 Å². The molecule has 0 aliphatic heterocycles. The zero-order valence-corrected chi connectivity index (χ0v) is 15.0. The minimum atomic E-state index is 0.573. The van der Waals surface area contributed by atoms with Crippen LogP contribution in [-0.4, -0.2) is 16.4 Å². The molecule has 0 bridgehead atoms. The van der Waals surface area contributed by atoms with E-state index in [2.05, 4.69) is 15.3 Å². The topological polar surface area (TPSA) is 58.1 Å². The summed E-state index contributed by atoms with van der Waals surface area (Å²) in [7, 11) is 0. The van der Waals surface area contributed by atoms with Crippen molar-refractivity contribution in [3.63, 3.8) is 0 Å². The van der Waals surface area contributed by atoms with Crippen molar-refractivity contribution in [2.45, 2.75) is 0 Å². The molecule has 0 aliphatic carbocycles. The third-order valence-corrected chi connectivity index (χ3v) is 4.44. The largest absolute Gasteiger partial charge is 0.338 e. The van der Waals surface area contributed by atoms with E-state index in [-0.39, 0.29) is 0 Å². The van der Waals surface area contributed by atoms with E-state index in [0.717, 1.165) is 22.9 Å². The van der Waals surface area contributed by atoms with Gasteiger partial charge in [0.2, 0.25) is 6.41 Å². The van der Waals surface area contributed by atoms with Gasteiger partial charge in [0.15, 0.2) is 5.82 Å². The molecule has 1 N–H and O–H groups in total. The molecule has 0 saturated carbocycles. The molecule has 0 unspecified atom stereocenters. The second kappa shape index (κ2) is 7.43. The summed E-state index contributed by atoms with van der Waals surface area (Å²) in [6.07, 6.45) is 6.01. The highest BCUT2D eigenvalue weighted by Crippen LogP contribution is 2.33. The number of carbonyl (C=O) groups excluding carboxylic acids is 1. The zero-order chi connectivity index (χ0) is 18.6. The molecule has 0 saturated heterocycles. The van der Waals surface area contributed by atoms with Crippen molar-refractivity contribution in [2.75, 3.05) is 10.2 Å². The molecule has 0 aliphatic rings. The van der Waals surface area contributed by atoms with E-state index in [0.29, 0.717) is 22.2 Å². The lowest BCUT2D eigenvalue weighted by atomic mass is 10.1. The lowest BCUT2D eigenvalue weighted by Gasteiger charge is -2.21. The Morgan fingerprint density at radius 2 is 1.81 bits per heavy atom. The Labute approximate surface area is 161 Å². The van der Waals surface area contributed by atoms with Crippen LogP contribution in [0.3, 0.4) is 0 Å². The summed E-state index contributed by atoms with van der Waals surface area (Å²) in [4.78, 5) is 22.0. The van der Waals surface area contributed by atoms with Gasteiger partial charge in [-0.15, -0.1) is 0 Å². The Balaban J connectivity index is 1.76. The molecule has 1 amide bonds. The average molecular weight is 375 g/mol. The number of anilines is 4. The van der Waals surface area contributed by atoms with Crippen LogP contribution in [0.15, 0.2) is 79.3 Å². The molecule has 0 fully saturated rings. The molecule has 0 atom stereocenters. The lowest BCUT2D eigenvalue weighted by Crippen LogP contribution is -2.16. The number of benzene rings is 2. The summed E-state index contributed by atoms with van der Waals surface area (Å²) in [6, 6.07) is 18.6. The maximum atomic E-state index is 11.8. The smallest absolute Gasteiger partial charge is 0.218 e. The van der Waals surface area contributed by atoms with Crippen molar-refractivity contribution >= 4 is 51.7 Å². The number of halogens is 1. The number of aromatic nitrogens is 2. The van der Waals surface area contributed by atoms with Gasteiger partial charge in [-0.25, -0.2) is 4.98 Å². The number of pyridine rings is 2. The van der Waals surface area contributed by atoms with E-state index in [4.69, 9.17) is 11.6 Å². The molecule has 2 heterocycles. The molecule has 6 heteroatoms. The highest BCUT2D eigenvalue weighted by Gasteiger charge is 2.14. The van der Waals surface area contributed by atoms with Crippen molar-refractivity contribution in [1.29, 1.82) is 0 Å². The minimum Gasteiger partial charge on any atom is -0.338 e. The predicted molar refractivity (Wildman–Crippen MR) is 109 cm³/mol. The summed E-state index contributed by atoms with van der Waals surface area (Å²) < 4.78 is 0. The van der Waals surface area contributed by atoms with Crippen molar-refractivity contribution < 1.29 is 4.79 Å². The van der Waals surface area contributed by atoms with Crippen LogP contribution < -0.4 is 10.2 Å². The van der Waals surface area contributed by atoms with Gasteiger partial charge < -0.3 is 5.32 Å². The molecule has 2 aromatic heterocycles. The fourth-order valence-electron chi connectivity index (χ4n) is 2.91. The zero-order valence-electron chi connectivity index (χ0n) is 14.2. The number of nitrogens with one attached hydrogen (secondary N) is 1. The molecular weight excluding hydrogens is 360 g/mol. The van der Waals surface area contributed by atoms with E-state index in [1.807, 2.05) is 36.5 Å². The fraction of sp³-hybridized carbons (Fsp3) is 0. The molecule has 27 heavy (non-hydrogen) atoms. The molecule has 5 nitrogen and oxygen atoms in total. The summed E-state index contributed by atoms with van der Waals surface area (Å²) >= 11 is 5.96. The van der Waals surface area contributed by atoms with Gasteiger partial charge in [0, 0.05) is 45.8 Å². The Morgan fingerprint density at radius 1 is 0.963 bits per heavy atom. The number of carbonyl (C=O) groups is 1. The normalized spacial score (nSPS) is 10.6. The summed E-state index contributed by atoms with van der Waals surface area (Å²) in [5, 5.41) is 6.00. The van der Waals surface area contributed by atoms with E-state index >= 15 is 0 Å². The van der Waals surface area contributed by atoms with E-state index in [1.165, 1.54) is 4.90 Å². The molecule has 4 rings (SSSR count). The molecule has 2 aromatic carbocycles. The monoisotopic (exact) mass is 374 g/mol. The maximum Gasteiger partial charge on any atom is 0.218 e. The van der Waals surface area contributed by atoms with Gasteiger partial charge in [-0.1, -0.05) is 23.7 Å². The molecular formula is C21H15ClN4O. The van der Waals surface area contributed by atoms with Crippen molar-refractivity contribution in [3.8, 4) is 0 Å². The first-order chi connectivity index (χ1) is 13.3. The number of fused-ring (bicyclic) bond motifs is 1. The highest BCUT2D eigenvalue weighted by atomic mass is 35.5. The maximum absolute atomic E-state index is 11.8. The van der Waals surface area contributed by atoms with Crippen LogP contribution in [0.4, 0.5) is 22.9 Å². The van der Waals surface area contributed by atoms with Crippen LogP contribution in [0.1, 0.15) is 0 Å². The molecule has 132 valence electrons. The first kappa shape index (κ1) is 17.0. The van der Waals surface area contributed by atoms with Crippen molar-refractivity contribution in [3.05, 3.63) is 84.3 Å². The van der Waals surface area contributed by atoms with Gasteiger partial charge in [-0.3, -0.25) is 14.7 Å². The van der Waals surface area contributed by atoms with Gasteiger partial charge in [0.1, 0.15) is 0 Å². The Kier molecular flexibility index (Phi) is 4.68. The standard InChI is InChI=1S/C21H15ClN4O/c22-16-6-8-17(9-7-16)26(14-27)20-5-2-11-24-21(20)25-19-4-1-3-15-13-23-12-10-18(15)19/h1-14H,(H,24,25). The number of nitrogens with zero attached hydrogens (tertiary/aromatic N) is 3. The third kappa shape index (κ3) is 3.45. The van der Waals surface area contributed by atoms with Crippen LogP contribution in [0.2, 0.25) is 5.02 Å². The second-order valence-corrected chi connectivity index (χ2v) is 6.29. The van der Waals surface area contributed by atoms with Crippen LogP contribution in [0, 0.1) is 0 Å². The Hall–Kier alpha value is -3.44. The fourth-order valence-corrected chi connectivity index (χ4v) is 3.03. The van der Waals surface area contributed by atoms with Gasteiger partial charge in [0.05, 0.1) is 5.69 Å². The SMILES string of the molecule is O=CN(c1ccc(Cl)cc1)c1cccnc1Nc1cccc2cnccc12. The lowest BCUT2D eigenvalue weighted by molar-refractivity contribution is -0.106. The number of hydrogen-bond acceptors (Lipinski definition) is 4. The summed E-state index contributed by atoms with van der Waals surface area (Å²) in [5.74, 6) is 0.573. The van der Waals surface area contributed by atoms with E-state index in [9.17, 15) is 4.79 Å². The van der Waals surface area contributed by atoms with Crippen LogP contribution in [-0.2, 0) is 4.79 Å². The number of hydrogen-bond donors (Lipinski definition) is 1. The molecule has 0 spiro atoms. The number of rotatable bonds is 5. The van der Waals surface area contributed by atoms with Gasteiger partial charge in [-0.2, -0.15) is 0 Å². The number of amides is 1. The Bertz CT molecular complexity index is 1090. The van der Waals surface area contributed by atoms with E-state index in [1.54, 1.807) is 42.7 Å². The summed E-state index contributed by atoms with van der Waals surface area (Å²) in [5.41, 5.74) is 2.23. The average Bonchev–Trinajstić information content (AvgIpc) is 2.71. The molecule has 4 aromatic rings. The quantitative estimate of drug-likeness (QED) is 0.480. The van der Waals surface area contributed by atoms with E-state index < -0.39 is 0 Å². The molecule has 0 radical (unpaired) electrons. The third-order valence-electron chi connectivity index (χ3n) is 4.19. The highest BCUT2D eigenvalue weighted by molar-refractivity contribution is 6.30. The first-order valence-electron chi connectivity index (χ1n) is 8.31. The van der Waals surface area contributed by atoms with Crippen molar-refractivity contribution in [1.82, 2.24) is 9.97 Å². The Morgan fingerprint density at radius 3 is 2.63 bits per heavy atom. The minimum absolute atomic E-state index is 0.573. The second-order valence-electron chi connectivity index (χ2n) is 5.85. The summed E-state index contributed by atoms with van der Waals surface area (Å²) in [6.45, 7) is 0. The van der Waals surface area contributed by atoms with Crippen LogP contribution in [0.5, 0.6) is 0 Å². The predicted octanol–water partition coefficient (Wildman–Crippen LogP) is 5.32.